The average Bonchev–Trinajstić information content (AvgIpc) is 3.22. The summed E-state index contributed by atoms with van der Waals surface area (Å²) in [5, 5.41) is 9.83. The molecule has 0 spiro atoms. The number of rotatable bonds is 3. The van der Waals surface area contributed by atoms with Gasteiger partial charge in [-0.2, -0.15) is 5.10 Å². The van der Waals surface area contributed by atoms with E-state index >= 15 is 0 Å². The maximum atomic E-state index is 12.7. The molecule has 0 aliphatic carbocycles. The Balaban J connectivity index is 1.70. The van der Waals surface area contributed by atoms with Crippen molar-refractivity contribution < 1.29 is 14.3 Å². The molecule has 1 saturated heterocycles. The summed E-state index contributed by atoms with van der Waals surface area (Å²) >= 11 is 0. The van der Waals surface area contributed by atoms with Crippen LogP contribution in [0.3, 0.4) is 0 Å². The van der Waals surface area contributed by atoms with Crippen molar-refractivity contribution in [3.8, 4) is 11.4 Å². The lowest BCUT2D eigenvalue weighted by atomic mass is 10.1. The Hall–Kier alpha value is -2.90. The minimum Gasteiger partial charge on any atom is -0.444 e. The Morgan fingerprint density at radius 1 is 1.33 bits per heavy atom. The molecule has 2 heterocycles. The summed E-state index contributed by atoms with van der Waals surface area (Å²) in [6.45, 7) is 7.78. The van der Waals surface area contributed by atoms with Gasteiger partial charge in [-0.25, -0.2) is 9.78 Å². The zero-order chi connectivity index (χ0) is 19.6. The Labute approximate surface area is 158 Å². The van der Waals surface area contributed by atoms with Crippen LogP contribution < -0.4 is 5.32 Å². The molecule has 0 bridgehead atoms. The summed E-state index contributed by atoms with van der Waals surface area (Å²) < 4.78 is 5.42. The number of likely N-dealkylation sites (tertiary alicyclic amines) is 1. The fraction of sp³-hybridized carbons (Fsp3) is 0.474. The van der Waals surface area contributed by atoms with E-state index in [1.807, 2.05) is 45.9 Å². The monoisotopic (exact) mass is 371 g/mol. The molecule has 3 rings (SSSR count). The molecule has 0 saturated carbocycles. The summed E-state index contributed by atoms with van der Waals surface area (Å²) in [5.41, 5.74) is 0.840. The van der Waals surface area contributed by atoms with Crippen LogP contribution in [0.25, 0.3) is 11.4 Å². The fourth-order valence-electron chi connectivity index (χ4n) is 3.01. The highest BCUT2D eigenvalue weighted by molar-refractivity contribution is 5.97. The molecule has 1 fully saturated rings. The number of ether oxygens (including phenoxy) is 1. The Morgan fingerprint density at radius 2 is 2.11 bits per heavy atom. The molecule has 1 aliphatic heterocycles. The van der Waals surface area contributed by atoms with Gasteiger partial charge in [0.2, 0.25) is 5.91 Å². The molecule has 8 heteroatoms. The topological polar surface area (TPSA) is 100 Å². The number of aromatic nitrogens is 3. The molecule has 1 aromatic heterocycles. The van der Waals surface area contributed by atoms with E-state index in [-0.39, 0.29) is 5.91 Å². The van der Waals surface area contributed by atoms with Gasteiger partial charge in [0.15, 0.2) is 5.82 Å². The SMILES string of the molecule is Cc1nc(-c2cccc(NC(=O)C3CCCN3C(=O)OC(C)(C)C)c2)n[nH]1. The minimum absolute atomic E-state index is 0.221. The van der Waals surface area contributed by atoms with Crippen LogP contribution in [-0.2, 0) is 9.53 Å². The third-order valence-electron chi connectivity index (χ3n) is 4.17. The highest BCUT2D eigenvalue weighted by atomic mass is 16.6. The number of H-pyrrole nitrogens is 1. The van der Waals surface area contributed by atoms with E-state index in [2.05, 4.69) is 20.5 Å². The highest BCUT2D eigenvalue weighted by Crippen LogP contribution is 2.24. The van der Waals surface area contributed by atoms with Crippen LogP contribution in [0.1, 0.15) is 39.4 Å². The molecule has 2 amide bonds. The molecule has 1 aliphatic rings. The number of hydrogen-bond acceptors (Lipinski definition) is 5. The first-order valence-electron chi connectivity index (χ1n) is 9.03. The maximum absolute atomic E-state index is 12.7. The van der Waals surface area contributed by atoms with Gasteiger partial charge in [-0.3, -0.25) is 14.8 Å². The van der Waals surface area contributed by atoms with Gasteiger partial charge in [-0.05, 0) is 52.7 Å². The normalized spacial score (nSPS) is 17.0. The zero-order valence-corrected chi connectivity index (χ0v) is 16.1. The van der Waals surface area contributed by atoms with Gasteiger partial charge < -0.3 is 10.1 Å². The molecule has 27 heavy (non-hydrogen) atoms. The fourth-order valence-corrected chi connectivity index (χ4v) is 3.01. The van der Waals surface area contributed by atoms with Crippen molar-refractivity contribution in [2.24, 2.45) is 0 Å². The minimum atomic E-state index is -0.594. The third kappa shape index (κ3) is 4.64. The molecule has 1 unspecified atom stereocenters. The van der Waals surface area contributed by atoms with Gasteiger partial charge in [0.1, 0.15) is 17.5 Å². The average molecular weight is 371 g/mol. The number of anilines is 1. The molecule has 0 radical (unpaired) electrons. The first kappa shape index (κ1) is 18.9. The second-order valence-corrected chi connectivity index (χ2v) is 7.65. The van der Waals surface area contributed by atoms with Gasteiger partial charge in [0.25, 0.3) is 0 Å². The third-order valence-corrected chi connectivity index (χ3v) is 4.17. The van der Waals surface area contributed by atoms with Crippen molar-refractivity contribution in [1.82, 2.24) is 20.1 Å². The number of nitrogens with one attached hydrogen (secondary N) is 2. The second kappa shape index (κ2) is 7.38. The van der Waals surface area contributed by atoms with E-state index in [1.54, 1.807) is 6.07 Å². The van der Waals surface area contributed by atoms with Crippen LogP contribution in [0.4, 0.5) is 10.5 Å². The largest absolute Gasteiger partial charge is 0.444 e. The molecule has 144 valence electrons. The maximum Gasteiger partial charge on any atom is 0.410 e. The number of amides is 2. The zero-order valence-electron chi connectivity index (χ0n) is 16.1. The quantitative estimate of drug-likeness (QED) is 0.863. The standard InChI is InChI=1S/C19H25N5O3/c1-12-20-16(23-22-12)13-7-5-8-14(11-13)21-17(25)15-9-6-10-24(15)18(26)27-19(2,3)4/h5,7-8,11,15H,6,9-10H2,1-4H3,(H,21,25)(H,20,22,23). The predicted molar refractivity (Wildman–Crippen MR) is 101 cm³/mol. The van der Waals surface area contributed by atoms with Crippen molar-refractivity contribution in [3.63, 3.8) is 0 Å². The van der Waals surface area contributed by atoms with E-state index in [0.29, 0.717) is 24.5 Å². The molecule has 8 nitrogen and oxygen atoms in total. The van der Waals surface area contributed by atoms with E-state index < -0.39 is 17.7 Å². The van der Waals surface area contributed by atoms with Crippen LogP contribution in [0.5, 0.6) is 0 Å². The summed E-state index contributed by atoms with van der Waals surface area (Å²) in [5.74, 6) is 1.07. The lowest BCUT2D eigenvalue weighted by Gasteiger charge is -2.28. The van der Waals surface area contributed by atoms with Gasteiger partial charge in [0.05, 0.1) is 0 Å². The van der Waals surface area contributed by atoms with Crippen molar-refractivity contribution in [1.29, 1.82) is 0 Å². The number of benzene rings is 1. The van der Waals surface area contributed by atoms with Crippen LogP contribution in [0, 0.1) is 6.92 Å². The number of carbonyl (C=O) groups is 2. The smallest absolute Gasteiger partial charge is 0.410 e. The highest BCUT2D eigenvalue weighted by Gasteiger charge is 2.36. The van der Waals surface area contributed by atoms with Crippen LogP contribution in [0.15, 0.2) is 24.3 Å². The summed E-state index contributed by atoms with van der Waals surface area (Å²) in [7, 11) is 0. The lowest BCUT2D eigenvalue weighted by molar-refractivity contribution is -0.120. The lowest BCUT2D eigenvalue weighted by Crippen LogP contribution is -2.45. The molecular weight excluding hydrogens is 346 g/mol. The summed E-state index contributed by atoms with van der Waals surface area (Å²) in [6, 6.07) is 6.79. The van der Waals surface area contributed by atoms with Crippen LogP contribution >= 0.6 is 0 Å². The number of aromatic amines is 1. The van der Waals surface area contributed by atoms with Crippen molar-refractivity contribution in [3.05, 3.63) is 30.1 Å². The van der Waals surface area contributed by atoms with Crippen LogP contribution in [-0.4, -0.2) is 50.3 Å². The summed E-state index contributed by atoms with van der Waals surface area (Å²) in [6.07, 6.45) is 0.934. The van der Waals surface area contributed by atoms with Gasteiger partial charge in [-0.15, -0.1) is 0 Å². The Bertz CT molecular complexity index is 840. The van der Waals surface area contributed by atoms with Gasteiger partial charge >= 0.3 is 6.09 Å². The van der Waals surface area contributed by atoms with Gasteiger partial charge in [-0.1, -0.05) is 12.1 Å². The number of nitrogens with zero attached hydrogens (tertiary/aromatic N) is 3. The van der Waals surface area contributed by atoms with E-state index in [1.165, 1.54) is 4.90 Å². The molecule has 2 N–H and O–H groups in total. The molecule has 1 atom stereocenters. The number of aryl methyl sites for hydroxylation is 1. The first-order chi connectivity index (χ1) is 12.7. The van der Waals surface area contributed by atoms with E-state index in [4.69, 9.17) is 4.74 Å². The van der Waals surface area contributed by atoms with E-state index in [9.17, 15) is 9.59 Å². The first-order valence-corrected chi connectivity index (χ1v) is 9.03. The molecule has 1 aromatic carbocycles. The number of carbonyl (C=O) groups excluding carboxylic acids is 2. The number of hydrogen-bond donors (Lipinski definition) is 2. The predicted octanol–water partition coefficient (Wildman–Crippen LogP) is 3.12. The molecule has 2 aromatic rings. The second-order valence-electron chi connectivity index (χ2n) is 7.65. The van der Waals surface area contributed by atoms with Crippen molar-refractivity contribution >= 4 is 17.7 Å². The Kier molecular flexibility index (Phi) is 5.16. The van der Waals surface area contributed by atoms with Crippen molar-refractivity contribution in [2.75, 3.05) is 11.9 Å². The van der Waals surface area contributed by atoms with Crippen LogP contribution in [0.2, 0.25) is 0 Å². The molecular formula is C19H25N5O3. The van der Waals surface area contributed by atoms with Gasteiger partial charge in [0, 0.05) is 17.8 Å². The van der Waals surface area contributed by atoms with Crippen molar-refractivity contribution in [2.45, 2.75) is 52.2 Å². The Morgan fingerprint density at radius 3 is 2.78 bits per heavy atom. The summed E-state index contributed by atoms with van der Waals surface area (Å²) in [4.78, 5) is 30.9. The van der Waals surface area contributed by atoms with E-state index in [0.717, 1.165) is 17.8 Å².